The molecule has 1 aliphatic carbocycles. The van der Waals surface area contributed by atoms with Crippen LogP contribution in [0.15, 0.2) is 0 Å². The lowest BCUT2D eigenvalue weighted by Gasteiger charge is -2.23. The van der Waals surface area contributed by atoms with Crippen LogP contribution in [0, 0.1) is 11.8 Å². The van der Waals surface area contributed by atoms with E-state index in [1.54, 1.807) is 4.90 Å². The lowest BCUT2D eigenvalue weighted by atomic mass is 9.89. The number of hydrogen-bond donors (Lipinski definition) is 3. The summed E-state index contributed by atoms with van der Waals surface area (Å²) in [7, 11) is 0. The van der Waals surface area contributed by atoms with E-state index in [4.69, 9.17) is 5.11 Å². The maximum atomic E-state index is 12.2. The number of aliphatic carboxylic acids is 1. The van der Waals surface area contributed by atoms with Crippen LogP contribution in [0.4, 0.5) is 4.79 Å². The van der Waals surface area contributed by atoms with Gasteiger partial charge in [0.25, 0.3) is 0 Å². The van der Waals surface area contributed by atoms with Crippen molar-refractivity contribution >= 4 is 17.9 Å². The lowest BCUT2D eigenvalue weighted by molar-refractivity contribution is -0.142. The molecule has 3 atom stereocenters. The third-order valence-corrected chi connectivity index (χ3v) is 4.74. The van der Waals surface area contributed by atoms with Gasteiger partial charge in [-0.25, -0.2) is 4.79 Å². The molecule has 0 radical (unpaired) electrons. The molecule has 2 saturated heterocycles. The van der Waals surface area contributed by atoms with E-state index in [1.165, 1.54) is 0 Å². The van der Waals surface area contributed by atoms with E-state index in [1.807, 2.05) is 0 Å². The van der Waals surface area contributed by atoms with Crippen molar-refractivity contribution in [3.8, 4) is 0 Å². The summed E-state index contributed by atoms with van der Waals surface area (Å²) in [6.45, 7) is 0.803. The summed E-state index contributed by atoms with van der Waals surface area (Å²) in [6, 6.07) is -0.322. The zero-order chi connectivity index (χ0) is 15.0. The number of fused-ring (bicyclic) bond motifs is 2. The standard InChI is InChI=1S/C14H21N3O4/c18-12(8-1-2-8)15-5-6-16-14(21)17-9-3-4-11(17)10(7-9)13(19)20/h8-11H,1-7H2,(H,15,18)(H,16,21)(H,19,20). The van der Waals surface area contributed by atoms with Crippen molar-refractivity contribution in [3.63, 3.8) is 0 Å². The van der Waals surface area contributed by atoms with Crippen molar-refractivity contribution in [1.82, 2.24) is 15.5 Å². The van der Waals surface area contributed by atoms with Gasteiger partial charge in [0, 0.05) is 31.1 Å². The Morgan fingerprint density at radius 1 is 1.05 bits per heavy atom. The van der Waals surface area contributed by atoms with Gasteiger partial charge in [-0.2, -0.15) is 0 Å². The molecular formula is C14H21N3O4. The maximum Gasteiger partial charge on any atom is 0.317 e. The van der Waals surface area contributed by atoms with Gasteiger partial charge in [0.1, 0.15) is 0 Å². The Morgan fingerprint density at radius 3 is 2.38 bits per heavy atom. The second-order valence-electron chi connectivity index (χ2n) is 6.18. The molecule has 7 heteroatoms. The molecule has 3 rings (SSSR count). The Labute approximate surface area is 123 Å². The highest BCUT2D eigenvalue weighted by Crippen LogP contribution is 2.41. The van der Waals surface area contributed by atoms with Gasteiger partial charge in [-0.1, -0.05) is 0 Å². The first kappa shape index (κ1) is 14.2. The number of nitrogens with zero attached hydrogens (tertiary/aromatic N) is 1. The Balaban J connectivity index is 1.43. The fourth-order valence-electron chi connectivity index (χ4n) is 3.51. The summed E-state index contributed by atoms with van der Waals surface area (Å²) in [6.07, 6.45) is 4.15. The first-order chi connectivity index (χ1) is 10.1. The number of rotatable bonds is 5. The van der Waals surface area contributed by atoms with Crippen molar-refractivity contribution in [2.45, 2.75) is 44.2 Å². The molecule has 0 spiro atoms. The molecular weight excluding hydrogens is 274 g/mol. The maximum absolute atomic E-state index is 12.2. The first-order valence-electron chi connectivity index (χ1n) is 7.64. The van der Waals surface area contributed by atoms with Gasteiger partial charge < -0.3 is 20.6 Å². The minimum Gasteiger partial charge on any atom is -0.481 e. The summed E-state index contributed by atoms with van der Waals surface area (Å²) in [5.74, 6) is -0.997. The topological polar surface area (TPSA) is 98.7 Å². The molecule has 3 aliphatic rings. The third-order valence-electron chi connectivity index (χ3n) is 4.74. The second kappa shape index (κ2) is 5.54. The largest absolute Gasteiger partial charge is 0.481 e. The van der Waals surface area contributed by atoms with Gasteiger partial charge in [-0.05, 0) is 32.1 Å². The predicted molar refractivity (Wildman–Crippen MR) is 73.5 cm³/mol. The summed E-state index contributed by atoms with van der Waals surface area (Å²) in [5, 5.41) is 14.7. The SMILES string of the molecule is O=C(NCCNC(=O)N1C2CCC1C(C(=O)O)C2)C1CC1. The number of amides is 3. The van der Waals surface area contributed by atoms with Crippen LogP contribution in [0.2, 0.25) is 0 Å². The Bertz CT molecular complexity index is 463. The lowest BCUT2D eigenvalue weighted by Crippen LogP contribution is -2.46. The summed E-state index contributed by atoms with van der Waals surface area (Å²) in [5.41, 5.74) is 0. The monoisotopic (exact) mass is 295 g/mol. The van der Waals surface area contributed by atoms with E-state index in [-0.39, 0.29) is 29.9 Å². The van der Waals surface area contributed by atoms with Gasteiger partial charge in [-0.15, -0.1) is 0 Å². The minimum absolute atomic E-state index is 0.0529. The van der Waals surface area contributed by atoms with Crippen molar-refractivity contribution in [3.05, 3.63) is 0 Å². The molecule has 7 nitrogen and oxygen atoms in total. The number of carboxylic acids is 1. The second-order valence-corrected chi connectivity index (χ2v) is 6.18. The molecule has 21 heavy (non-hydrogen) atoms. The number of carbonyl (C=O) groups is 3. The van der Waals surface area contributed by atoms with Crippen molar-refractivity contribution < 1.29 is 19.5 Å². The molecule has 2 bridgehead atoms. The van der Waals surface area contributed by atoms with Gasteiger partial charge in [0.2, 0.25) is 5.91 Å². The fourth-order valence-corrected chi connectivity index (χ4v) is 3.51. The van der Waals surface area contributed by atoms with E-state index in [0.717, 1.165) is 25.7 Å². The molecule has 0 aromatic rings. The van der Waals surface area contributed by atoms with Crippen LogP contribution in [0.1, 0.15) is 32.1 Å². The molecule has 3 N–H and O–H groups in total. The highest BCUT2D eigenvalue weighted by molar-refractivity contribution is 5.81. The molecule has 0 aromatic carbocycles. The van der Waals surface area contributed by atoms with Crippen LogP contribution >= 0.6 is 0 Å². The van der Waals surface area contributed by atoms with E-state index in [9.17, 15) is 14.4 Å². The normalized spacial score (nSPS) is 30.3. The molecule has 3 fully saturated rings. The van der Waals surface area contributed by atoms with Crippen LogP contribution in [0.25, 0.3) is 0 Å². The minimum atomic E-state index is -0.809. The van der Waals surface area contributed by atoms with Crippen LogP contribution in [0.3, 0.4) is 0 Å². The van der Waals surface area contributed by atoms with E-state index in [2.05, 4.69) is 10.6 Å². The smallest absolute Gasteiger partial charge is 0.317 e. The highest BCUT2D eigenvalue weighted by atomic mass is 16.4. The molecule has 2 aliphatic heterocycles. The van der Waals surface area contributed by atoms with Crippen molar-refractivity contribution in [2.24, 2.45) is 11.8 Å². The highest BCUT2D eigenvalue weighted by Gasteiger charge is 2.51. The first-order valence-corrected chi connectivity index (χ1v) is 7.64. The van der Waals surface area contributed by atoms with E-state index in [0.29, 0.717) is 19.5 Å². The molecule has 3 amide bonds. The quantitative estimate of drug-likeness (QED) is 0.629. The molecule has 2 heterocycles. The van der Waals surface area contributed by atoms with E-state index >= 15 is 0 Å². The molecule has 0 aromatic heterocycles. The van der Waals surface area contributed by atoms with Gasteiger partial charge in [0.05, 0.1) is 5.92 Å². The summed E-state index contributed by atoms with van der Waals surface area (Å²) < 4.78 is 0. The Kier molecular flexibility index (Phi) is 3.73. The van der Waals surface area contributed by atoms with Gasteiger partial charge >= 0.3 is 12.0 Å². The van der Waals surface area contributed by atoms with Crippen LogP contribution in [-0.4, -0.2) is 53.1 Å². The number of nitrogens with one attached hydrogen (secondary N) is 2. The third kappa shape index (κ3) is 2.82. The number of carboxylic acid groups (broad SMARTS) is 1. The van der Waals surface area contributed by atoms with Crippen molar-refractivity contribution in [1.29, 1.82) is 0 Å². The Hall–Kier alpha value is -1.79. The molecule has 3 unspecified atom stereocenters. The summed E-state index contributed by atoms with van der Waals surface area (Å²) in [4.78, 5) is 36.5. The number of carbonyl (C=O) groups excluding carboxylic acids is 2. The number of hydrogen-bond acceptors (Lipinski definition) is 3. The van der Waals surface area contributed by atoms with Gasteiger partial charge in [-0.3, -0.25) is 9.59 Å². The predicted octanol–water partition coefficient (Wildman–Crippen LogP) is 0.160. The zero-order valence-corrected chi connectivity index (χ0v) is 11.9. The summed E-state index contributed by atoms with van der Waals surface area (Å²) >= 11 is 0. The fraction of sp³-hybridized carbons (Fsp3) is 0.786. The zero-order valence-electron chi connectivity index (χ0n) is 11.9. The van der Waals surface area contributed by atoms with Gasteiger partial charge in [0.15, 0.2) is 0 Å². The Morgan fingerprint density at radius 2 is 1.76 bits per heavy atom. The average Bonchev–Trinajstić information content (AvgIpc) is 3.15. The molecule has 1 saturated carbocycles. The number of urea groups is 1. The van der Waals surface area contributed by atoms with Crippen molar-refractivity contribution in [2.75, 3.05) is 13.1 Å². The van der Waals surface area contributed by atoms with E-state index < -0.39 is 11.9 Å². The van der Waals surface area contributed by atoms with Crippen LogP contribution < -0.4 is 10.6 Å². The van der Waals surface area contributed by atoms with Crippen LogP contribution in [0.5, 0.6) is 0 Å². The molecule has 116 valence electrons. The average molecular weight is 295 g/mol. The van der Waals surface area contributed by atoms with Crippen LogP contribution in [-0.2, 0) is 9.59 Å².